The predicted molar refractivity (Wildman–Crippen MR) is 129 cm³/mol. The number of rotatable bonds is 8. The highest BCUT2D eigenvalue weighted by molar-refractivity contribution is 7.91. The van der Waals surface area contributed by atoms with Crippen LogP contribution in [0.5, 0.6) is 5.75 Å². The van der Waals surface area contributed by atoms with Crippen LogP contribution in [0.25, 0.3) is 11.5 Å². The van der Waals surface area contributed by atoms with Crippen molar-refractivity contribution in [3.05, 3.63) is 88.9 Å². The molecule has 1 N–H and O–H groups in total. The van der Waals surface area contributed by atoms with E-state index in [0.29, 0.717) is 23.6 Å². The molecule has 0 radical (unpaired) electrons. The molecule has 8 heteroatoms. The molecular formula is C25H23ClN2O4S. The third-order valence-electron chi connectivity index (χ3n) is 5.13. The first-order valence-electron chi connectivity index (χ1n) is 10.3. The van der Waals surface area contributed by atoms with Crippen LogP contribution in [-0.4, -0.2) is 27.1 Å². The number of oxazole rings is 1. The molecule has 0 aliphatic heterocycles. The first-order chi connectivity index (χ1) is 15.9. The standard InChI is InChI=1S/C25H23ClN2O4S/c1-17-3-13-22(14-4-17)33(29,30)25-24(27-16-15-18-5-11-21(31-2)12-6-18)32-23(28-25)19-7-9-20(26)10-8-19/h3-14,27H,15-16H2,1-2H3. The van der Waals surface area contributed by atoms with Gasteiger partial charge in [-0.1, -0.05) is 41.4 Å². The zero-order chi connectivity index (χ0) is 23.4. The van der Waals surface area contributed by atoms with Gasteiger partial charge in [0.05, 0.1) is 12.0 Å². The zero-order valence-corrected chi connectivity index (χ0v) is 19.8. The van der Waals surface area contributed by atoms with Crippen LogP contribution >= 0.6 is 11.6 Å². The Morgan fingerprint density at radius 3 is 2.27 bits per heavy atom. The Hall–Kier alpha value is -3.29. The van der Waals surface area contributed by atoms with E-state index in [2.05, 4.69) is 10.3 Å². The lowest BCUT2D eigenvalue weighted by Gasteiger charge is -2.07. The van der Waals surface area contributed by atoms with Crippen LogP contribution in [0.2, 0.25) is 5.02 Å². The van der Waals surface area contributed by atoms with Crippen molar-refractivity contribution in [2.75, 3.05) is 19.0 Å². The van der Waals surface area contributed by atoms with Gasteiger partial charge in [0, 0.05) is 17.1 Å². The van der Waals surface area contributed by atoms with Gasteiger partial charge in [0.1, 0.15) is 5.75 Å². The fraction of sp³-hybridized carbons (Fsp3) is 0.160. The van der Waals surface area contributed by atoms with E-state index in [1.807, 2.05) is 31.2 Å². The number of hydrogen-bond donors (Lipinski definition) is 1. The van der Waals surface area contributed by atoms with Crippen molar-refractivity contribution in [3.8, 4) is 17.2 Å². The van der Waals surface area contributed by atoms with Gasteiger partial charge in [-0.2, -0.15) is 4.98 Å². The lowest BCUT2D eigenvalue weighted by molar-refractivity contribution is 0.414. The predicted octanol–water partition coefficient (Wildman–Crippen LogP) is 5.80. The van der Waals surface area contributed by atoms with Crippen molar-refractivity contribution in [2.24, 2.45) is 0 Å². The highest BCUT2D eigenvalue weighted by Gasteiger charge is 2.28. The Balaban J connectivity index is 1.64. The van der Waals surface area contributed by atoms with Crippen LogP contribution < -0.4 is 10.1 Å². The highest BCUT2D eigenvalue weighted by Crippen LogP contribution is 2.33. The number of halogens is 1. The fourth-order valence-corrected chi connectivity index (χ4v) is 4.66. The van der Waals surface area contributed by atoms with Gasteiger partial charge in [0.15, 0.2) is 0 Å². The summed E-state index contributed by atoms with van der Waals surface area (Å²) < 4.78 is 37.8. The average Bonchev–Trinajstić information content (AvgIpc) is 3.25. The molecule has 1 aromatic heterocycles. The molecule has 0 bridgehead atoms. The largest absolute Gasteiger partial charge is 0.497 e. The van der Waals surface area contributed by atoms with Crippen molar-refractivity contribution in [1.29, 1.82) is 0 Å². The molecule has 0 unspecified atom stereocenters. The minimum absolute atomic E-state index is 0.106. The maximum atomic E-state index is 13.4. The second-order valence-electron chi connectivity index (χ2n) is 7.50. The molecule has 0 amide bonds. The summed E-state index contributed by atoms with van der Waals surface area (Å²) in [6.07, 6.45) is 0.658. The molecule has 4 rings (SSSR count). The molecule has 33 heavy (non-hydrogen) atoms. The van der Waals surface area contributed by atoms with Crippen molar-refractivity contribution in [3.63, 3.8) is 0 Å². The normalized spacial score (nSPS) is 11.4. The third-order valence-corrected chi connectivity index (χ3v) is 7.06. The number of anilines is 1. The van der Waals surface area contributed by atoms with Crippen LogP contribution in [-0.2, 0) is 16.3 Å². The third kappa shape index (κ3) is 5.21. The smallest absolute Gasteiger partial charge is 0.233 e. The SMILES string of the molecule is COc1ccc(CCNc2oc(-c3ccc(Cl)cc3)nc2S(=O)(=O)c2ccc(C)cc2)cc1. The zero-order valence-electron chi connectivity index (χ0n) is 18.2. The second-order valence-corrected chi connectivity index (χ2v) is 9.80. The second kappa shape index (κ2) is 9.68. The molecule has 0 atom stereocenters. The summed E-state index contributed by atoms with van der Waals surface area (Å²) in [7, 11) is -2.28. The van der Waals surface area contributed by atoms with E-state index in [4.69, 9.17) is 20.8 Å². The van der Waals surface area contributed by atoms with E-state index in [0.717, 1.165) is 16.9 Å². The number of benzene rings is 3. The molecule has 0 saturated carbocycles. The van der Waals surface area contributed by atoms with Crippen LogP contribution in [0.15, 0.2) is 87.1 Å². The van der Waals surface area contributed by atoms with Gasteiger partial charge in [-0.25, -0.2) is 8.42 Å². The van der Waals surface area contributed by atoms with Crippen molar-refractivity contribution >= 4 is 27.3 Å². The molecule has 0 saturated heterocycles. The Bertz CT molecular complexity index is 1330. The van der Waals surface area contributed by atoms with E-state index in [9.17, 15) is 8.42 Å². The number of aryl methyl sites for hydroxylation is 1. The molecule has 0 spiro atoms. The van der Waals surface area contributed by atoms with Gasteiger partial charge in [-0.15, -0.1) is 0 Å². The minimum atomic E-state index is -3.90. The molecule has 6 nitrogen and oxygen atoms in total. The molecule has 3 aromatic carbocycles. The number of nitrogens with zero attached hydrogens (tertiary/aromatic N) is 1. The average molecular weight is 483 g/mol. The van der Waals surface area contributed by atoms with Gasteiger partial charge < -0.3 is 14.5 Å². The van der Waals surface area contributed by atoms with Crippen molar-refractivity contribution < 1.29 is 17.6 Å². The Kier molecular flexibility index (Phi) is 6.72. The van der Waals surface area contributed by atoms with Crippen molar-refractivity contribution in [2.45, 2.75) is 23.3 Å². The van der Waals surface area contributed by atoms with E-state index >= 15 is 0 Å². The number of ether oxygens (including phenoxy) is 1. The number of hydrogen-bond acceptors (Lipinski definition) is 6. The van der Waals surface area contributed by atoms with Gasteiger partial charge in [-0.05, 0) is 67.4 Å². The summed E-state index contributed by atoms with van der Waals surface area (Å²) in [4.78, 5) is 4.51. The molecular weight excluding hydrogens is 460 g/mol. The summed E-state index contributed by atoms with van der Waals surface area (Å²) in [6, 6.07) is 21.2. The number of methoxy groups -OCH3 is 1. The van der Waals surface area contributed by atoms with Crippen LogP contribution in [0, 0.1) is 6.92 Å². The van der Waals surface area contributed by atoms with Gasteiger partial charge in [0.2, 0.25) is 26.6 Å². The molecule has 0 aliphatic rings. The quantitative estimate of drug-likeness (QED) is 0.342. The maximum Gasteiger partial charge on any atom is 0.233 e. The topological polar surface area (TPSA) is 81.4 Å². The Morgan fingerprint density at radius 1 is 0.970 bits per heavy atom. The lowest BCUT2D eigenvalue weighted by atomic mass is 10.1. The fourth-order valence-electron chi connectivity index (χ4n) is 3.26. The molecule has 0 fully saturated rings. The Morgan fingerprint density at radius 2 is 1.64 bits per heavy atom. The monoisotopic (exact) mass is 482 g/mol. The van der Waals surface area contributed by atoms with Gasteiger partial charge >= 0.3 is 0 Å². The minimum Gasteiger partial charge on any atom is -0.497 e. The summed E-state index contributed by atoms with van der Waals surface area (Å²) in [5.74, 6) is 1.08. The van der Waals surface area contributed by atoms with E-state index in [1.165, 1.54) is 0 Å². The molecule has 170 valence electrons. The van der Waals surface area contributed by atoms with E-state index in [-0.39, 0.29) is 21.7 Å². The summed E-state index contributed by atoms with van der Waals surface area (Å²) in [5, 5.41) is 3.53. The molecule has 0 aliphatic carbocycles. The summed E-state index contributed by atoms with van der Waals surface area (Å²) in [5.41, 5.74) is 2.67. The number of sulfone groups is 1. The summed E-state index contributed by atoms with van der Waals surface area (Å²) in [6.45, 7) is 2.36. The summed E-state index contributed by atoms with van der Waals surface area (Å²) >= 11 is 5.98. The van der Waals surface area contributed by atoms with Crippen LogP contribution in [0.1, 0.15) is 11.1 Å². The van der Waals surface area contributed by atoms with E-state index in [1.54, 1.807) is 55.6 Å². The van der Waals surface area contributed by atoms with Gasteiger partial charge in [-0.3, -0.25) is 0 Å². The number of nitrogens with one attached hydrogen (secondary N) is 1. The molecule has 4 aromatic rings. The highest BCUT2D eigenvalue weighted by atomic mass is 35.5. The van der Waals surface area contributed by atoms with Crippen LogP contribution in [0.4, 0.5) is 5.88 Å². The first kappa shape index (κ1) is 22.9. The lowest BCUT2D eigenvalue weighted by Crippen LogP contribution is -2.09. The Labute approximate surface area is 198 Å². The van der Waals surface area contributed by atoms with E-state index < -0.39 is 9.84 Å². The number of aromatic nitrogens is 1. The maximum absolute atomic E-state index is 13.4. The van der Waals surface area contributed by atoms with Crippen LogP contribution in [0.3, 0.4) is 0 Å². The van der Waals surface area contributed by atoms with Gasteiger partial charge in [0.25, 0.3) is 0 Å². The molecule has 1 heterocycles. The first-order valence-corrected chi connectivity index (χ1v) is 12.2. The van der Waals surface area contributed by atoms with Crippen molar-refractivity contribution in [1.82, 2.24) is 4.98 Å².